The lowest BCUT2D eigenvalue weighted by molar-refractivity contribution is -0.149. The number of hydrogen-bond donors (Lipinski definition) is 0. The molecule has 0 spiro atoms. The molecule has 4 aliphatic rings. The minimum absolute atomic E-state index is 0.459. The Bertz CT molecular complexity index is 455. The largest absolute Gasteiger partial charge is 0.300 e. The van der Waals surface area contributed by atoms with E-state index in [1.165, 1.54) is 44.9 Å². The summed E-state index contributed by atoms with van der Waals surface area (Å²) in [5.41, 5.74) is 1.12. The van der Waals surface area contributed by atoms with Crippen LogP contribution in [0.15, 0.2) is 0 Å². The molecule has 0 saturated heterocycles. The van der Waals surface area contributed by atoms with Crippen LogP contribution in [0, 0.1) is 40.4 Å². The monoisotopic (exact) mass is 288 g/mol. The third-order valence-electron chi connectivity index (χ3n) is 8.82. The summed E-state index contributed by atoms with van der Waals surface area (Å²) in [4.78, 5) is 12.1. The van der Waals surface area contributed by atoms with Crippen LogP contribution in [0.4, 0.5) is 0 Å². The first-order chi connectivity index (χ1) is 9.95. The van der Waals surface area contributed by atoms with E-state index in [1.54, 1.807) is 0 Å². The van der Waals surface area contributed by atoms with Crippen molar-refractivity contribution in [3.05, 3.63) is 0 Å². The maximum Gasteiger partial charge on any atom is 0.133 e. The van der Waals surface area contributed by atoms with E-state index in [2.05, 4.69) is 20.8 Å². The molecule has 1 heteroatoms. The molecule has 4 fully saturated rings. The smallest absolute Gasteiger partial charge is 0.133 e. The van der Waals surface area contributed by atoms with E-state index in [0.717, 1.165) is 30.6 Å². The molecule has 1 unspecified atom stereocenters. The van der Waals surface area contributed by atoms with Gasteiger partial charge < -0.3 is 0 Å². The van der Waals surface area contributed by atoms with Gasteiger partial charge in [-0.3, -0.25) is 4.79 Å². The van der Waals surface area contributed by atoms with Gasteiger partial charge in [-0.2, -0.15) is 0 Å². The minimum Gasteiger partial charge on any atom is -0.300 e. The fourth-order valence-corrected chi connectivity index (χ4v) is 7.47. The lowest BCUT2D eigenvalue weighted by Gasteiger charge is -2.61. The Morgan fingerprint density at radius 3 is 2.57 bits per heavy atom. The van der Waals surface area contributed by atoms with Crippen LogP contribution in [0.2, 0.25) is 0 Å². The molecule has 0 heterocycles. The summed E-state index contributed by atoms with van der Waals surface area (Å²) in [6, 6.07) is 0. The maximum atomic E-state index is 12.1. The fraction of sp³-hybridized carbons (Fsp3) is 0.950. The second kappa shape index (κ2) is 4.59. The van der Waals surface area contributed by atoms with E-state index in [4.69, 9.17) is 0 Å². The third-order valence-corrected chi connectivity index (χ3v) is 8.82. The van der Waals surface area contributed by atoms with Gasteiger partial charge in [0.05, 0.1) is 0 Å². The van der Waals surface area contributed by atoms with E-state index in [-0.39, 0.29) is 0 Å². The Kier molecular flexibility index (Phi) is 3.12. The summed E-state index contributed by atoms with van der Waals surface area (Å²) >= 11 is 0. The molecule has 0 aromatic carbocycles. The second-order valence-corrected chi connectivity index (χ2v) is 9.45. The van der Waals surface area contributed by atoms with Crippen molar-refractivity contribution in [3.8, 4) is 0 Å². The molecular weight excluding hydrogens is 256 g/mol. The van der Waals surface area contributed by atoms with Crippen LogP contribution in [0.5, 0.6) is 0 Å². The van der Waals surface area contributed by atoms with Crippen molar-refractivity contribution < 1.29 is 4.79 Å². The van der Waals surface area contributed by atoms with Gasteiger partial charge in [-0.1, -0.05) is 27.2 Å². The molecular formula is C20H32O. The first kappa shape index (κ1) is 14.3. The van der Waals surface area contributed by atoms with Gasteiger partial charge in [0.1, 0.15) is 5.78 Å². The quantitative estimate of drug-likeness (QED) is 0.596. The first-order valence-electron chi connectivity index (χ1n) is 9.47. The Morgan fingerprint density at radius 2 is 1.76 bits per heavy atom. The Labute approximate surface area is 130 Å². The predicted molar refractivity (Wildman–Crippen MR) is 85.9 cm³/mol. The standard InChI is InChI=1S/C20H32O/c1-13-11-15(21)12-14-6-7-16-17-5-4-9-19(17,2)10-8-18(16)20(13,14)3/h13-14,16-18H,4-12H2,1-3H3/t13-,14?,16-,17-,18-,19-,20-/m0/s1. The molecule has 0 aromatic rings. The Hall–Kier alpha value is -0.330. The van der Waals surface area contributed by atoms with Crippen LogP contribution < -0.4 is 0 Å². The molecule has 118 valence electrons. The van der Waals surface area contributed by atoms with E-state index in [0.29, 0.717) is 28.4 Å². The summed E-state index contributed by atoms with van der Waals surface area (Å²) in [5.74, 6) is 4.74. The molecule has 0 amide bonds. The van der Waals surface area contributed by atoms with Crippen molar-refractivity contribution in [3.63, 3.8) is 0 Å². The topological polar surface area (TPSA) is 17.1 Å². The number of fused-ring (bicyclic) bond motifs is 5. The summed E-state index contributed by atoms with van der Waals surface area (Å²) < 4.78 is 0. The van der Waals surface area contributed by atoms with Gasteiger partial charge in [0.25, 0.3) is 0 Å². The molecule has 21 heavy (non-hydrogen) atoms. The average molecular weight is 288 g/mol. The van der Waals surface area contributed by atoms with Crippen LogP contribution in [0.25, 0.3) is 0 Å². The highest BCUT2D eigenvalue weighted by atomic mass is 16.1. The second-order valence-electron chi connectivity index (χ2n) is 9.45. The highest BCUT2D eigenvalue weighted by Gasteiger charge is 2.59. The van der Waals surface area contributed by atoms with Gasteiger partial charge in [0, 0.05) is 12.8 Å². The van der Waals surface area contributed by atoms with Crippen LogP contribution >= 0.6 is 0 Å². The summed E-state index contributed by atoms with van der Waals surface area (Å²) in [5, 5.41) is 0. The summed E-state index contributed by atoms with van der Waals surface area (Å²) in [7, 11) is 0. The van der Waals surface area contributed by atoms with Gasteiger partial charge >= 0.3 is 0 Å². The normalized spacial score (nSPS) is 56.5. The molecule has 0 aliphatic heterocycles. The predicted octanol–water partition coefficient (Wildman–Crippen LogP) is 5.23. The van der Waals surface area contributed by atoms with Gasteiger partial charge in [-0.25, -0.2) is 0 Å². The molecule has 1 nitrogen and oxygen atoms in total. The zero-order valence-electron chi connectivity index (χ0n) is 14.2. The highest BCUT2D eigenvalue weighted by Crippen LogP contribution is 2.66. The van der Waals surface area contributed by atoms with E-state index >= 15 is 0 Å². The van der Waals surface area contributed by atoms with E-state index in [1.807, 2.05) is 0 Å². The zero-order valence-corrected chi connectivity index (χ0v) is 14.2. The Balaban J connectivity index is 1.67. The molecule has 4 saturated carbocycles. The number of carbonyl (C=O) groups is 1. The lowest BCUT2D eigenvalue weighted by Crippen LogP contribution is -2.55. The minimum atomic E-state index is 0.459. The average Bonchev–Trinajstić information content (AvgIpc) is 2.82. The third kappa shape index (κ3) is 1.85. The molecule has 4 aliphatic carbocycles. The molecule has 0 N–H and O–H groups in total. The van der Waals surface area contributed by atoms with Crippen molar-refractivity contribution in [2.45, 2.75) is 78.6 Å². The van der Waals surface area contributed by atoms with Crippen LogP contribution in [-0.2, 0) is 4.79 Å². The summed E-state index contributed by atoms with van der Waals surface area (Å²) in [6.07, 6.45) is 11.9. The molecule has 0 bridgehead atoms. The molecule has 7 atom stereocenters. The van der Waals surface area contributed by atoms with Gasteiger partial charge in [0.2, 0.25) is 0 Å². The van der Waals surface area contributed by atoms with E-state index < -0.39 is 0 Å². The lowest BCUT2D eigenvalue weighted by atomic mass is 9.43. The zero-order chi connectivity index (χ0) is 14.8. The van der Waals surface area contributed by atoms with Crippen molar-refractivity contribution in [1.82, 2.24) is 0 Å². The van der Waals surface area contributed by atoms with Gasteiger partial charge in [-0.05, 0) is 78.9 Å². The number of Topliss-reactive ketones (excluding diaryl/α,β-unsaturated/α-hetero) is 1. The van der Waals surface area contributed by atoms with Crippen LogP contribution in [-0.4, -0.2) is 5.78 Å². The van der Waals surface area contributed by atoms with Crippen molar-refractivity contribution >= 4 is 5.78 Å². The van der Waals surface area contributed by atoms with Gasteiger partial charge in [0.15, 0.2) is 0 Å². The number of ketones is 1. The van der Waals surface area contributed by atoms with Gasteiger partial charge in [-0.15, -0.1) is 0 Å². The molecule has 0 aromatic heterocycles. The van der Waals surface area contributed by atoms with Crippen molar-refractivity contribution in [2.24, 2.45) is 40.4 Å². The highest BCUT2D eigenvalue weighted by molar-refractivity contribution is 5.80. The maximum absolute atomic E-state index is 12.1. The molecule has 4 rings (SSSR count). The molecule has 0 radical (unpaired) electrons. The Morgan fingerprint density at radius 1 is 0.952 bits per heavy atom. The number of hydrogen-bond acceptors (Lipinski definition) is 1. The fourth-order valence-electron chi connectivity index (χ4n) is 7.47. The van der Waals surface area contributed by atoms with Crippen LogP contribution in [0.3, 0.4) is 0 Å². The van der Waals surface area contributed by atoms with E-state index in [9.17, 15) is 4.79 Å². The number of rotatable bonds is 0. The summed E-state index contributed by atoms with van der Waals surface area (Å²) in [6.45, 7) is 7.54. The van der Waals surface area contributed by atoms with Crippen molar-refractivity contribution in [1.29, 1.82) is 0 Å². The van der Waals surface area contributed by atoms with Crippen LogP contribution in [0.1, 0.15) is 78.6 Å². The number of carbonyl (C=O) groups excluding carboxylic acids is 1. The SMILES string of the molecule is C[C@H]1CC(=O)CC2CC[C@H]3[C@@H]4CCC[C@@]4(C)CC[C@@H]3[C@]21C. The van der Waals surface area contributed by atoms with Crippen molar-refractivity contribution in [2.75, 3.05) is 0 Å². The first-order valence-corrected chi connectivity index (χ1v) is 9.47.